The van der Waals surface area contributed by atoms with Crippen LogP contribution in [-0.4, -0.2) is 0 Å². The maximum Gasteiger partial charge on any atom is 0.0381 e. The van der Waals surface area contributed by atoms with Crippen LogP contribution in [0.3, 0.4) is 0 Å². The van der Waals surface area contributed by atoms with Crippen LogP contribution >= 0.6 is 0 Å². The first kappa shape index (κ1) is 37.8. The van der Waals surface area contributed by atoms with Crippen molar-refractivity contribution < 1.29 is 0 Å². The zero-order valence-electron chi connectivity index (χ0n) is 24.8. The van der Waals surface area contributed by atoms with E-state index < -0.39 is 0 Å². The highest BCUT2D eigenvalue weighted by atomic mass is 14.9. The summed E-state index contributed by atoms with van der Waals surface area (Å²) in [5.41, 5.74) is 7.19. The standard InChI is InChI=1S/C13H17N.C8H10.C7H6.C3H8.C3H6.C2H4/c1-4-5-6-12(3)14-13-9-7-11(2)8-10-13;1-7-3-5-8(2)6-4-7;1-7-5-3-2-4-6-7;2*1-3-2;1-2/h4-5,7-10,14H,3,6H2,1-2H3;3-6H,1-2H3;2-3,5H,1H3;3H2,1-2H3;3H,1H2,2H3;1-2H2/b5-4-;;;;;. The van der Waals surface area contributed by atoms with Gasteiger partial charge in [0.1, 0.15) is 0 Å². The maximum absolute atomic E-state index is 3.95. The SMILES string of the molecule is C=C.C=C(C/C=C\C)Nc1ccc(C)cc1.C=CC.CCC.Cc1c#cccc1.Cc1ccc(C)cc1. The van der Waals surface area contributed by atoms with E-state index in [9.17, 15) is 0 Å². The number of aryl methyl sites for hydroxylation is 4. The normalized spacial score (nSPS) is 8.32. The Morgan fingerprint density at radius 1 is 0.811 bits per heavy atom. The smallest absolute Gasteiger partial charge is 0.0381 e. The van der Waals surface area contributed by atoms with Gasteiger partial charge in [0, 0.05) is 17.8 Å². The Morgan fingerprint density at radius 3 is 1.51 bits per heavy atom. The van der Waals surface area contributed by atoms with E-state index in [2.05, 4.69) is 133 Å². The molecule has 0 unspecified atom stereocenters. The van der Waals surface area contributed by atoms with E-state index in [1.54, 1.807) is 6.08 Å². The third-order valence-electron chi connectivity index (χ3n) is 3.99. The maximum atomic E-state index is 3.95. The minimum absolute atomic E-state index is 0.879. The molecule has 0 amide bonds. The summed E-state index contributed by atoms with van der Waals surface area (Å²) in [4.78, 5) is 0. The number of hydrogen-bond donors (Lipinski definition) is 1. The van der Waals surface area contributed by atoms with Crippen LogP contribution in [-0.2, 0) is 0 Å². The van der Waals surface area contributed by atoms with Crippen LogP contribution in [0.2, 0.25) is 0 Å². The van der Waals surface area contributed by atoms with Crippen molar-refractivity contribution in [2.75, 3.05) is 5.32 Å². The first-order chi connectivity index (χ1) is 17.7. The minimum atomic E-state index is 0.879. The minimum Gasteiger partial charge on any atom is -0.359 e. The van der Waals surface area contributed by atoms with E-state index in [0.717, 1.165) is 23.4 Å². The van der Waals surface area contributed by atoms with Gasteiger partial charge in [-0.15, -0.1) is 19.7 Å². The highest BCUT2D eigenvalue weighted by molar-refractivity contribution is 5.48. The average molecular weight is 498 g/mol. The fraction of sp³-hybridized carbons (Fsp3) is 0.278. The molecule has 200 valence electrons. The zero-order chi connectivity index (χ0) is 28.9. The van der Waals surface area contributed by atoms with Gasteiger partial charge in [0.15, 0.2) is 0 Å². The van der Waals surface area contributed by atoms with Crippen LogP contribution < -0.4 is 5.32 Å². The molecule has 0 fully saturated rings. The quantitative estimate of drug-likeness (QED) is 0.353. The van der Waals surface area contributed by atoms with Gasteiger partial charge in [0.2, 0.25) is 0 Å². The summed E-state index contributed by atoms with van der Waals surface area (Å²) in [6.07, 6.45) is 8.00. The second-order valence-corrected chi connectivity index (χ2v) is 8.12. The van der Waals surface area contributed by atoms with Crippen molar-refractivity contribution in [2.45, 2.75) is 68.2 Å². The molecule has 0 bridgehead atoms. The van der Waals surface area contributed by atoms with E-state index in [-0.39, 0.29) is 0 Å². The lowest BCUT2D eigenvalue weighted by Gasteiger charge is -2.07. The average Bonchev–Trinajstić information content (AvgIpc) is 2.89. The highest BCUT2D eigenvalue weighted by Gasteiger charge is 1.92. The van der Waals surface area contributed by atoms with E-state index in [1.807, 2.05) is 45.0 Å². The molecular weight excluding hydrogens is 446 g/mol. The van der Waals surface area contributed by atoms with Crippen LogP contribution in [0.15, 0.2) is 117 Å². The lowest BCUT2D eigenvalue weighted by atomic mass is 10.2. The molecule has 1 N–H and O–H groups in total. The second-order valence-electron chi connectivity index (χ2n) is 8.12. The van der Waals surface area contributed by atoms with Gasteiger partial charge in [-0.1, -0.05) is 122 Å². The Hall–Kier alpha value is -3.76. The van der Waals surface area contributed by atoms with Gasteiger partial charge in [-0.3, -0.25) is 0 Å². The Balaban J connectivity index is -0.000000430. The molecule has 0 aliphatic rings. The van der Waals surface area contributed by atoms with Crippen molar-refractivity contribution in [1.29, 1.82) is 0 Å². The van der Waals surface area contributed by atoms with E-state index in [4.69, 9.17) is 0 Å². The fourth-order valence-corrected chi connectivity index (χ4v) is 2.23. The largest absolute Gasteiger partial charge is 0.359 e. The van der Waals surface area contributed by atoms with Crippen LogP contribution in [0.25, 0.3) is 0 Å². The summed E-state index contributed by atoms with van der Waals surface area (Å²) < 4.78 is 0. The molecular formula is C36H51N. The van der Waals surface area contributed by atoms with Gasteiger partial charge < -0.3 is 5.32 Å². The van der Waals surface area contributed by atoms with Crippen LogP contribution in [0.4, 0.5) is 5.69 Å². The monoisotopic (exact) mass is 497 g/mol. The topological polar surface area (TPSA) is 12.0 Å². The highest BCUT2D eigenvalue weighted by Crippen LogP contribution is 2.12. The van der Waals surface area contributed by atoms with Crippen molar-refractivity contribution >= 4 is 5.69 Å². The van der Waals surface area contributed by atoms with Crippen molar-refractivity contribution in [1.82, 2.24) is 0 Å². The van der Waals surface area contributed by atoms with Gasteiger partial charge in [0.25, 0.3) is 0 Å². The summed E-state index contributed by atoms with van der Waals surface area (Å²) in [6.45, 7) is 29.7. The molecule has 0 spiro atoms. The van der Waals surface area contributed by atoms with Gasteiger partial charge in [0.05, 0.1) is 0 Å². The Bertz CT molecular complexity index is 896. The van der Waals surface area contributed by atoms with Gasteiger partial charge in [-0.25, -0.2) is 0 Å². The summed E-state index contributed by atoms with van der Waals surface area (Å²) in [6, 6.07) is 28.3. The van der Waals surface area contributed by atoms with E-state index in [0.29, 0.717) is 0 Å². The summed E-state index contributed by atoms with van der Waals surface area (Å²) in [5.74, 6) is 0. The molecule has 37 heavy (non-hydrogen) atoms. The van der Waals surface area contributed by atoms with Crippen LogP contribution in [0, 0.1) is 39.8 Å². The molecule has 0 aromatic heterocycles. The number of rotatable bonds is 4. The molecule has 0 saturated carbocycles. The lowest BCUT2D eigenvalue weighted by molar-refractivity contribution is 1.09. The summed E-state index contributed by atoms with van der Waals surface area (Å²) >= 11 is 0. The lowest BCUT2D eigenvalue weighted by Crippen LogP contribution is -1.96. The molecule has 0 aliphatic carbocycles. The molecule has 3 aromatic carbocycles. The van der Waals surface area contributed by atoms with Crippen molar-refractivity contribution in [3.8, 4) is 0 Å². The number of nitrogens with one attached hydrogen (secondary N) is 1. The third-order valence-corrected chi connectivity index (χ3v) is 3.99. The predicted molar refractivity (Wildman–Crippen MR) is 171 cm³/mol. The van der Waals surface area contributed by atoms with Gasteiger partial charge in [-0.05, 0) is 65.3 Å². The summed E-state index contributed by atoms with van der Waals surface area (Å²) in [5, 5.41) is 3.26. The molecule has 0 saturated heterocycles. The summed E-state index contributed by atoms with van der Waals surface area (Å²) in [7, 11) is 0. The van der Waals surface area contributed by atoms with Gasteiger partial charge >= 0.3 is 0 Å². The number of hydrogen-bond acceptors (Lipinski definition) is 1. The van der Waals surface area contributed by atoms with Crippen molar-refractivity contribution in [3.63, 3.8) is 0 Å². The molecule has 0 radical (unpaired) electrons. The molecule has 3 rings (SSSR count). The fourth-order valence-electron chi connectivity index (χ4n) is 2.23. The second kappa shape index (κ2) is 28.5. The Morgan fingerprint density at radius 2 is 1.22 bits per heavy atom. The molecule has 0 heterocycles. The number of benzene rings is 2. The molecule has 3 aromatic rings. The van der Waals surface area contributed by atoms with Crippen LogP contribution in [0.5, 0.6) is 0 Å². The Kier molecular flexibility index (Phi) is 29.1. The van der Waals surface area contributed by atoms with E-state index in [1.165, 1.54) is 23.1 Å². The predicted octanol–water partition coefficient (Wildman–Crippen LogP) is 11.2. The molecule has 0 atom stereocenters. The molecule has 1 heteroatoms. The Labute approximate surface area is 230 Å². The van der Waals surface area contributed by atoms with Crippen LogP contribution in [0.1, 0.15) is 62.8 Å². The number of anilines is 1. The van der Waals surface area contributed by atoms with Crippen molar-refractivity contribution in [3.05, 3.63) is 151 Å². The molecule has 0 aliphatic heterocycles. The first-order valence-electron chi connectivity index (χ1n) is 12.8. The number of allylic oxidation sites excluding steroid dienone is 3. The third kappa shape index (κ3) is 28.4. The first-order valence-corrected chi connectivity index (χ1v) is 12.8. The zero-order valence-corrected chi connectivity index (χ0v) is 24.8. The van der Waals surface area contributed by atoms with Gasteiger partial charge in [-0.2, -0.15) is 0 Å². The van der Waals surface area contributed by atoms with Crippen molar-refractivity contribution in [2.24, 2.45) is 0 Å². The van der Waals surface area contributed by atoms with E-state index >= 15 is 0 Å². The molecule has 1 nitrogen and oxygen atoms in total.